The highest BCUT2D eigenvalue weighted by Gasteiger charge is 2.30. The number of para-hydroxylation sites is 1. The Balaban J connectivity index is 1.83. The topological polar surface area (TPSA) is 55.6 Å². The number of alkyl halides is 3. The summed E-state index contributed by atoms with van der Waals surface area (Å²) in [5, 5.41) is 8.10. The lowest BCUT2D eigenvalue weighted by Gasteiger charge is -2.13. The summed E-state index contributed by atoms with van der Waals surface area (Å²) < 4.78 is 40.7. The van der Waals surface area contributed by atoms with Crippen molar-refractivity contribution in [2.45, 2.75) is 20.0 Å². The van der Waals surface area contributed by atoms with E-state index >= 15 is 0 Å². The zero-order chi connectivity index (χ0) is 19.9. The second-order valence-electron chi connectivity index (χ2n) is 6.43. The van der Waals surface area contributed by atoms with E-state index in [-0.39, 0.29) is 5.69 Å². The number of anilines is 2. The molecular weight excluding hydrogens is 367 g/mol. The first-order chi connectivity index (χ1) is 13.3. The molecule has 0 spiro atoms. The van der Waals surface area contributed by atoms with E-state index in [2.05, 4.69) is 20.4 Å². The average molecular weight is 383 g/mol. The molecule has 0 fully saturated rings. The van der Waals surface area contributed by atoms with Gasteiger partial charge in [0.2, 0.25) is 0 Å². The molecular formula is C20H16F3N5. The Morgan fingerprint density at radius 3 is 2.43 bits per heavy atom. The maximum atomic E-state index is 13.0. The number of aryl methyl sites for hydroxylation is 2. The van der Waals surface area contributed by atoms with Crippen LogP contribution in [0.25, 0.3) is 16.9 Å². The number of rotatable bonds is 3. The van der Waals surface area contributed by atoms with Crippen molar-refractivity contribution in [1.82, 2.24) is 19.7 Å². The molecule has 1 N–H and O–H groups in total. The van der Waals surface area contributed by atoms with Crippen LogP contribution in [0.3, 0.4) is 0 Å². The Bertz CT molecular complexity index is 1160. The van der Waals surface area contributed by atoms with Gasteiger partial charge in [0.1, 0.15) is 5.82 Å². The van der Waals surface area contributed by atoms with Gasteiger partial charge in [-0.2, -0.15) is 23.3 Å². The number of benzene rings is 2. The van der Waals surface area contributed by atoms with Gasteiger partial charge in [0.15, 0.2) is 0 Å². The first-order valence-corrected chi connectivity index (χ1v) is 8.56. The first-order valence-electron chi connectivity index (χ1n) is 8.56. The molecule has 142 valence electrons. The zero-order valence-electron chi connectivity index (χ0n) is 15.1. The minimum absolute atomic E-state index is 0.290. The third kappa shape index (κ3) is 3.40. The Hall–Kier alpha value is -3.42. The summed E-state index contributed by atoms with van der Waals surface area (Å²) in [5.41, 5.74) is 1.90. The fourth-order valence-corrected chi connectivity index (χ4v) is 3.00. The summed E-state index contributed by atoms with van der Waals surface area (Å²) >= 11 is 0. The number of hydrogen-bond donors (Lipinski definition) is 1. The molecule has 0 radical (unpaired) electrons. The molecule has 0 aliphatic heterocycles. The van der Waals surface area contributed by atoms with Crippen molar-refractivity contribution in [3.8, 4) is 5.95 Å². The van der Waals surface area contributed by atoms with Crippen LogP contribution in [-0.4, -0.2) is 19.7 Å². The molecule has 8 heteroatoms. The lowest BCUT2D eigenvalue weighted by molar-refractivity contribution is -0.137. The maximum Gasteiger partial charge on any atom is 0.416 e. The van der Waals surface area contributed by atoms with Gasteiger partial charge in [0.05, 0.1) is 16.8 Å². The highest BCUT2D eigenvalue weighted by atomic mass is 19.4. The summed E-state index contributed by atoms with van der Waals surface area (Å²) in [7, 11) is 0. The summed E-state index contributed by atoms with van der Waals surface area (Å²) in [4.78, 5) is 9.08. The molecule has 0 unspecified atom stereocenters. The van der Waals surface area contributed by atoms with Gasteiger partial charge in [-0.05, 0) is 50.2 Å². The normalized spacial score (nSPS) is 11.8. The lowest BCUT2D eigenvalue weighted by Crippen LogP contribution is -2.08. The minimum Gasteiger partial charge on any atom is -0.340 e. The third-order valence-corrected chi connectivity index (χ3v) is 4.24. The zero-order valence-corrected chi connectivity index (χ0v) is 15.1. The van der Waals surface area contributed by atoms with Crippen LogP contribution in [0.2, 0.25) is 0 Å². The molecule has 28 heavy (non-hydrogen) atoms. The predicted molar refractivity (Wildman–Crippen MR) is 101 cm³/mol. The number of nitrogens with zero attached hydrogens (tertiary/aromatic N) is 4. The molecule has 5 nitrogen and oxygen atoms in total. The summed E-state index contributed by atoms with van der Waals surface area (Å²) in [6.07, 6.45) is -4.42. The quantitative estimate of drug-likeness (QED) is 0.529. The van der Waals surface area contributed by atoms with Crippen LogP contribution < -0.4 is 5.32 Å². The van der Waals surface area contributed by atoms with Crippen LogP contribution in [-0.2, 0) is 6.18 Å². The molecule has 2 heterocycles. The average Bonchev–Trinajstić information content (AvgIpc) is 2.99. The van der Waals surface area contributed by atoms with Crippen LogP contribution in [0.5, 0.6) is 0 Å². The molecule has 2 aromatic heterocycles. The largest absolute Gasteiger partial charge is 0.416 e. The third-order valence-electron chi connectivity index (χ3n) is 4.24. The van der Waals surface area contributed by atoms with E-state index in [1.54, 1.807) is 10.7 Å². The van der Waals surface area contributed by atoms with E-state index in [9.17, 15) is 13.2 Å². The lowest BCUT2D eigenvalue weighted by atomic mass is 10.2. The van der Waals surface area contributed by atoms with Crippen LogP contribution in [0, 0.1) is 13.8 Å². The van der Waals surface area contributed by atoms with Gasteiger partial charge < -0.3 is 5.32 Å². The molecule has 4 rings (SSSR count). The van der Waals surface area contributed by atoms with Crippen molar-refractivity contribution in [3.05, 3.63) is 71.5 Å². The molecule has 0 aliphatic rings. The summed E-state index contributed by atoms with van der Waals surface area (Å²) in [6, 6.07) is 14.2. The van der Waals surface area contributed by atoms with Gasteiger partial charge in [-0.25, -0.2) is 9.67 Å². The Morgan fingerprint density at radius 1 is 0.929 bits per heavy atom. The van der Waals surface area contributed by atoms with E-state index in [0.717, 1.165) is 23.5 Å². The van der Waals surface area contributed by atoms with E-state index in [1.165, 1.54) is 6.07 Å². The van der Waals surface area contributed by atoms with E-state index in [1.807, 2.05) is 44.2 Å². The number of hydrogen-bond acceptors (Lipinski definition) is 4. The van der Waals surface area contributed by atoms with Gasteiger partial charge in [-0.15, -0.1) is 0 Å². The highest BCUT2D eigenvalue weighted by Crippen LogP contribution is 2.32. The van der Waals surface area contributed by atoms with Gasteiger partial charge in [0, 0.05) is 16.8 Å². The van der Waals surface area contributed by atoms with Crippen LogP contribution in [0.15, 0.2) is 54.6 Å². The van der Waals surface area contributed by atoms with E-state index < -0.39 is 11.7 Å². The fourth-order valence-electron chi connectivity index (χ4n) is 3.00. The second kappa shape index (κ2) is 6.63. The van der Waals surface area contributed by atoms with Gasteiger partial charge in [0.25, 0.3) is 5.95 Å². The molecule has 0 aliphatic carbocycles. The van der Waals surface area contributed by atoms with Gasteiger partial charge in [-0.1, -0.05) is 18.2 Å². The molecule has 0 atom stereocenters. The monoisotopic (exact) mass is 383 g/mol. The molecule has 4 aromatic rings. The smallest absolute Gasteiger partial charge is 0.340 e. The van der Waals surface area contributed by atoms with Gasteiger partial charge in [-0.3, -0.25) is 0 Å². The second-order valence-corrected chi connectivity index (χ2v) is 6.43. The molecule has 2 aromatic carbocycles. The van der Waals surface area contributed by atoms with Crippen molar-refractivity contribution in [1.29, 1.82) is 0 Å². The van der Waals surface area contributed by atoms with Gasteiger partial charge >= 0.3 is 6.18 Å². The maximum absolute atomic E-state index is 13.0. The Labute approximate surface area is 158 Å². The van der Waals surface area contributed by atoms with E-state index in [4.69, 9.17) is 0 Å². The molecule has 0 bridgehead atoms. The number of fused-ring (bicyclic) bond motifs is 1. The van der Waals surface area contributed by atoms with Crippen LogP contribution in [0.1, 0.15) is 17.0 Å². The molecule has 0 saturated heterocycles. The van der Waals surface area contributed by atoms with Crippen molar-refractivity contribution < 1.29 is 13.2 Å². The molecule has 0 amide bonds. The Morgan fingerprint density at radius 2 is 1.71 bits per heavy atom. The standard InChI is InChI=1S/C20H16F3N5/c1-12-10-13(2)28(27-12)19-25-17-9-4-3-8-16(17)18(26-19)24-15-7-5-6-14(11-15)20(21,22)23/h3-11H,1-2H3,(H,24,25,26). The van der Waals surface area contributed by atoms with Crippen molar-refractivity contribution in [2.24, 2.45) is 0 Å². The van der Waals surface area contributed by atoms with Crippen molar-refractivity contribution in [3.63, 3.8) is 0 Å². The summed E-state index contributed by atoms with van der Waals surface area (Å²) in [6.45, 7) is 3.75. The predicted octanol–water partition coefficient (Wildman–Crippen LogP) is 5.19. The first kappa shape index (κ1) is 18.0. The highest BCUT2D eigenvalue weighted by molar-refractivity contribution is 5.91. The van der Waals surface area contributed by atoms with E-state index in [0.29, 0.717) is 22.7 Å². The fraction of sp³-hybridized carbons (Fsp3) is 0.150. The Kier molecular flexibility index (Phi) is 4.26. The van der Waals surface area contributed by atoms with Crippen LogP contribution in [0.4, 0.5) is 24.7 Å². The summed E-state index contributed by atoms with van der Waals surface area (Å²) in [5.74, 6) is 0.756. The number of nitrogens with one attached hydrogen (secondary N) is 1. The number of aromatic nitrogens is 4. The molecule has 0 saturated carbocycles. The van der Waals surface area contributed by atoms with Crippen molar-refractivity contribution in [2.75, 3.05) is 5.32 Å². The van der Waals surface area contributed by atoms with Crippen LogP contribution >= 0.6 is 0 Å². The minimum atomic E-state index is -4.42. The van der Waals surface area contributed by atoms with Crippen molar-refractivity contribution >= 4 is 22.4 Å². The number of halogens is 3. The SMILES string of the molecule is Cc1cc(C)n(-c2nc(Nc3cccc(C(F)(F)F)c3)c3ccccc3n2)n1.